The van der Waals surface area contributed by atoms with E-state index in [1.165, 1.54) is 37.9 Å². The molecule has 15 heavy (non-hydrogen) atoms. The van der Waals surface area contributed by atoms with Crippen molar-refractivity contribution in [1.82, 2.24) is 9.55 Å². The Bertz CT molecular complexity index is 313. The first-order chi connectivity index (χ1) is 7.31. The van der Waals surface area contributed by atoms with E-state index in [4.69, 9.17) is 5.11 Å². The molecule has 0 amide bonds. The molecule has 1 aromatic rings. The van der Waals surface area contributed by atoms with Gasteiger partial charge in [0.25, 0.3) is 0 Å². The molecule has 0 aliphatic heterocycles. The molecule has 1 aliphatic carbocycles. The van der Waals surface area contributed by atoms with E-state index in [-0.39, 0.29) is 6.61 Å². The molecule has 1 N–H and O–H groups in total. The highest BCUT2D eigenvalue weighted by Gasteiger charge is 2.19. The van der Waals surface area contributed by atoms with Crippen LogP contribution in [0.25, 0.3) is 0 Å². The summed E-state index contributed by atoms with van der Waals surface area (Å²) in [5, 5.41) is 8.88. The second-order valence-corrected chi connectivity index (χ2v) is 4.51. The van der Waals surface area contributed by atoms with Crippen molar-refractivity contribution in [3.05, 3.63) is 17.7 Å². The number of aromatic nitrogens is 2. The number of aryl methyl sites for hydroxylation is 1. The minimum absolute atomic E-state index is 0.196. The van der Waals surface area contributed by atoms with Crippen LogP contribution in [0.5, 0.6) is 0 Å². The molecular weight excluding hydrogens is 188 g/mol. The van der Waals surface area contributed by atoms with Gasteiger partial charge in [0.2, 0.25) is 0 Å². The second kappa shape index (κ2) is 4.79. The summed E-state index contributed by atoms with van der Waals surface area (Å²) in [7, 11) is 2.07. The van der Waals surface area contributed by atoms with Gasteiger partial charge in [0.1, 0.15) is 5.82 Å². The highest BCUT2D eigenvalue weighted by molar-refractivity contribution is 5.08. The Balaban J connectivity index is 2.11. The van der Waals surface area contributed by atoms with Crippen molar-refractivity contribution >= 4 is 0 Å². The highest BCUT2D eigenvalue weighted by Crippen LogP contribution is 2.31. The molecule has 2 rings (SSSR count). The number of aliphatic hydroxyl groups is 1. The SMILES string of the molecule is Cn1cc(CCO)nc1C1CCCCC1. The summed E-state index contributed by atoms with van der Waals surface area (Å²) in [5.41, 5.74) is 1.03. The number of nitrogens with zero attached hydrogens (tertiary/aromatic N) is 2. The van der Waals surface area contributed by atoms with Crippen molar-refractivity contribution in [2.45, 2.75) is 44.4 Å². The lowest BCUT2D eigenvalue weighted by Gasteiger charge is -2.20. The van der Waals surface area contributed by atoms with Gasteiger partial charge in [0.15, 0.2) is 0 Å². The maximum Gasteiger partial charge on any atom is 0.111 e. The third-order valence-electron chi connectivity index (χ3n) is 3.30. The molecule has 1 aromatic heterocycles. The van der Waals surface area contributed by atoms with Gasteiger partial charge in [-0.1, -0.05) is 19.3 Å². The quantitative estimate of drug-likeness (QED) is 0.825. The van der Waals surface area contributed by atoms with Gasteiger partial charge in [-0.2, -0.15) is 0 Å². The fourth-order valence-electron chi connectivity index (χ4n) is 2.52. The van der Waals surface area contributed by atoms with E-state index < -0.39 is 0 Å². The van der Waals surface area contributed by atoms with Gasteiger partial charge in [-0.05, 0) is 12.8 Å². The topological polar surface area (TPSA) is 38.0 Å². The summed E-state index contributed by atoms with van der Waals surface area (Å²) in [5.74, 6) is 1.87. The minimum Gasteiger partial charge on any atom is -0.396 e. The van der Waals surface area contributed by atoms with Crippen molar-refractivity contribution in [2.75, 3.05) is 6.61 Å². The Morgan fingerprint density at radius 1 is 1.40 bits per heavy atom. The molecule has 3 heteroatoms. The summed E-state index contributed by atoms with van der Waals surface area (Å²) in [6.45, 7) is 0.196. The third kappa shape index (κ3) is 2.40. The normalized spacial score (nSPS) is 18.3. The Kier molecular flexibility index (Phi) is 3.41. The van der Waals surface area contributed by atoms with Crippen LogP contribution >= 0.6 is 0 Å². The zero-order chi connectivity index (χ0) is 10.7. The van der Waals surface area contributed by atoms with Crippen LogP contribution in [0.1, 0.15) is 49.5 Å². The molecule has 0 radical (unpaired) electrons. The number of hydrogen-bond donors (Lipinski definition) is 1. The van der Waals surface area contributed by atoms with Gasteiger partial charge in [0, 0.05) is 32.2 Å². The monoisotopic (exact) mass is 208 g/mol. The van der Waals surface area contributed by atoms with Crippen LogP contribution < -0.4 is 0 Å². The van der Waals surface area contributed by atoms with E-state index in [9.17, 15) is 0 Å². The zero-order valence-electron chi connectivity index (χ0n) is 9.45. The van der Waals surface area contributed by atoms with Gasteiger partial charge in [0.05, 0.1) is 5.69 Å². The van der Waals surface area contributed by atoms with Crippen LogP contribution in [0.15, 0.2) is 6.20 Å². The summed E-state index contributed by atoms with van der Waals surface area (Å²) >= 11 is 0. The van der Waals surface area contributed by atoms with E-state index in [1.807, 2.05) is 0 Å². The molecule has 1 fully saturated rings. The van der Waals surface area contributed by atoms with Gasteiger partial charge in [-0.15, -0.1) is 0 Å². The van der Waals surface area contributed by atoms with Crippen LogP contribution in [0.3, 0.4) is 0 Å². The van der Waals surface area contributed by atoms with Crippen LogP contribution in [0, 0.1) is 0 Å². The predicted octanol–water partition coefficient (Wildman–Crippen LogP) is 2.00. The molecular formula is C12H20N2O. The van der Waals surface area contributed by atoms with Crippen molar-refractivity contribution in [2.24, 2.45) is 7.05 Å². The smallest absolute Gasteiger partial charge is 0.111 e. The molecule has 3 nitrogen and oxygen atoms in total. The first-order valence-corrected chi connectivity index (χ1v) is 5.94. The Labute approximate surface area is 91.1 Å². The second-order valence-electron chi connectivity index (χ2n) is 4.51. The molecule has 0 unspecified atom stereocenters. The molecule has 0 atom stereocenters. The number of aliphatic hydroxyl groups excluding tert-OH is 1. The van der Waals surface area contributed by atoms with E-state index in [0.29, 0.717) is 12.3 Å². The van der Waals surface area contributed by atoms with Crippen LogP contribution in [-0.4, -0.2) is 21.3 Å². The Morgan fingerprint density at radius 3 is 2.80 bits per heavy atom. The molecule has 84 valence electrons. The van der Waals surface area contributed by atoms with Crippen molar-refractivity contribution in [3.63, 3.8) is 0 Å². The minimum atomic E-state index is 0.196. The molecule has 0 saturated heterocycles. The van der Waals surface area contributed by atoms with E-state index in [2.05, 4.69) is 22.8 Å². The molecule has 0 bridgehead atoms. The van der Waals surface area contributed by atoms with Crippen molar-refractivity contribution in [1.29, 1.82) is 0 Å². The molecule has 1 aliphatic rings. The third-order valence-corrected chi connectivity index (χ3v) is 3.30. The predicted molar refractivity (Wildman–Crippen MR) is 59.8 cm³/mol. The largest absolute Gasteiger partial charge is 0.396 e. The zero-order valence-corrected chi connectivity index (χ0v) is 9.45. The average molecular weight is 208 g/mol. The Morgan fingerprint density at radius 2 is 2.13 bits per heavy atom. The van der Waals surface area contributed by atoms with Gasteiger partial charge in [-0.25, -0.2) is 4.98 Å². The summed E-state index contributed by atoms with van der Waals surface area (Å²) in [6, 6.07) is 0. The van der Waals surface area contributed by atoms with Gasteiger partial charge < -0.3 is 9.67 Å². The summed E-state index contributed by atoms with van der Waals surface area (Å²) < 4.78 is 2.14. The standard InChI is InChI=1S/C12H20N2O/c1-14-9-11(7-8-15)13-12(14)10-5-3-2-4-6-10/h9-10,15H,2-8H2,1H3. The number of rotatable bonds is 3. The first-order valence-electron chi connectivity index (χ1n) is 5.94. The fourth-order valence-corrected chi connectivity index (χ4v) is 2.52. The van der Waals surface area contributed by atoms with Crippen LogP contribution in [0.4, 0.5) is 0 Å². The lowest BCUT2D eigenvalue weighted by molar-refractivity contribution is 0.298. The van der Waals surface area contributed by atoms with E-state index in [1.54, 1.807) is 0 Å². The number of hydrogen-bond acceptors (Lipinski definition) is 2. The molecule has 1 heterocycles. The molecule has 0 aromatic carbocycles. The maximum absolute atomic E-state index is 8.88. The number of imidazole rings is 1. The average Bonchev–Trinajstić information content (AvgIpc) is 2.61. The maximum atomic E-state index is 8.88. The van der Waals surface area contributed by atoms with Gasteiger partial charge >= 0.3 is 0 Å². The van der Waals surface area contributed by atoms with Crippen molar-refractivity contribution < 1.29 is 5.11 Å². The first kappa shape index (κ1) is 10.7. The molecule has 0 spiro atoms. The Hall–Kier alpha value is -0.830. The van der Waals surface area contributed by atoms with Crippen LogP contribution in [-0.2, 0) is 13.5 Å². The summed E-state index contributed by atoms with van der Waals surface area (Å²) in [4.78, 5) is 4.63. The van der Waals surface area contributed by atoms with E-state index >= 15 is 0 Å². The lowest BCUT2D eigenvalue weighted by atomic mass is 9.89. The molecule has 1 saturated carbocycles. The lowest BCUT2D eigenvalue weighted by Crippen LogP contribution is -2.09. The summed E-state index contributed by atoms with van der Waals surface area (Å²) in [6.07, 6.45) is 9.36. The van der Waals surface area contributed by atoms with Gasteiger partial charge in [-0.3, -0.25) is 0 Å². The van der Waals surface area contributed by atoms with E-state index in [0.717, 1.165) is 5.69 Å². The van der Waals surface area contributed by atoms with Crippen molar-refractivity contribution in [3.8, 4) is 0 Å². The fraction of sp³-hybridized carbons (Fsp3) is 0.750. The highest BCUT2D eigenvalue weighted by atomic mass is 16.3. The van der Waals surface area contributed by atoms with Crippen LogP contribution in [0.2, 0.25) is 0 Å².